The maximum atomic E-state index is 13.0. The number of ether oxygens (including phenoxy) is 5. The number of carboxylic acid groups (broad SMARTS) is 1. The summed E-state index contributed by atoms with van der Waals surface area (Å²) in [5.74, 6) is -3.28. The van der Waals surface area contributed by atoms with Crippen LogP contribution < -0.4 is 0 Å². The Bertz CT molecular complexity index is 1370. The first-order chi connectivity index (χ1) is 31.6. The van der Waals surface area contributed by atoms with Gasteiger partial charge in [-0.2, -0.15) is 0 Å². The predicted octanol–water partition coefficient (Wildman–Crippen LogP) is 11.7. The predicted molar refractivity (Wildman–Crippen MR) is 257 cm³/mol. The van der Waals surface area contributed by atoms with E-state index in [9.17, 15) is 34.5 Å². The van der Waals surface area contributed by atoms with Gasteiger partial charge < -0.3 is 39.0 Å². The van der Waals surface area contributed by atoms with Crippen molar-refractivity contribution >= 4 is 23.9 Å². The molecule has 372 valence electrons. The second kappa shape index (κ2) is 41.8. The number of hydrogen-bond acceptors (Lipinski definition) is 11. The molecule has 0 radical (unpaired) electrons. The molecule has 0 aromatic heterocycles. The van der Waals surface area contributed by atoms with E-state index in [4.69, 9.17) is 23.7 Å². The van der Waals surface area contributed by atoms with E-state index < -0.39 is 67.3 Å². The Morgan fingerprint density at radius 3 is 1.42 bits per heavy atom. The molecule has 0 spiro atoms. The van der Waals surface area contributed by atoms with E-state index in [-0.39, 0.29) is 25.9 Å². The first-order valence-corrected chi connectivity index (χ1v) is 25.3. The average molecular weight is 917 g/mol. The minimum Gasteiger partial charge on any atom is -0.479 e. The molecule has 0 bridgehead atoms. The van der Waals surface area contributed by atoms with E-state index >= 15 is 0 Å². The van der Waals surface area contributed by atoms with Crippen LogP contribution in [0.3, 0.4) is 0 Å². The van der Waals surface area contributed by atoms with Gasteiger partial charge in [0.05, 0.1) is 13.0 Å². The van der Waals surface area contributed by atoms with Gasteiger partial charge in [-0.25, -0.2) is 4.79 Å². The molecule has 0 amide bonds. The fourth-order valence-electron chi connectivity index (χ4n) is 7.27. The van der Waals surface area contributed by atoms with Gasteiger partial charge in [0.2, 0.25) is 0 Å². The molecule has 0 aliphatic carbocycles. The zero-order valence-electron chi connectivity index (χ0n) is 40.5. The Morgan fingerprint density at radius 2 is 0.954 bits per heavy atom. The van der Waals surface area contributed by atoms with Crippen LogP contribution in [0.25, 0.3) is 0 Å². The van der Waals surface area contributed by atoms with Crippen molar-refractivity contribution < 1.29 is 58.2 Å². The quantitative estimate of drug-likeness (QED) is 0.0229. The van der Waals surface area contributed by atoms with E-state index in [2.05, 4.69) is 57.2 Å². The van der Waals surface area contributed by atoms with Gasteiger partial charge in [-0.1, -0.05) is 197 Å². The molecule has 65 heavy (non-hydrogen) atoms. The Balaban J connectivity index is 2.79. The van der Waals surface area contributed by atoms with Crippen LogP contribution in [0.1, 0.15) is 201 Å². The zero-order valence-corrected chi connectivity index (χ0v) is 40.5. The summed E-state index contributed by atoms with van der Waals surface area (Å²) in [5, 5.41) is 31.2. The van der Waals surface area contributed by atoms with Crippen molar-refractivity contribution in [3.63, 3.8) is 0 Å². The molecule has 0 saturated carbocycles. The number of allylic oxidation sites excluding steroid dienone is 9. The average Bonchev–Trinajstić information content (AvgIpc) is 3.29. The molecule has 3 N–H and O–H groups in total. The van der Waals surface area contributed by atoms with Gasteiger partial charge in [0.1, 0.15) is 18.8 Å². The van der Waals surface area contributed by atoms with Crippen LogP contribution >= 0.6 is 0 Å². The fraction of sp³-hybridized carbons (Fsp3) is 0.736. The normalized spacial score (nSPS) is 19.6. The molecule has 12 heteroatoms. The molecular formula is C53H88O12. The van der Waals surface area contributed by atoms with Crippen LogP contribution in [0.15, 0.2) is 60.8 Å². The van der Waals surface area contributed by atoms with Crippen molar-refractivity contribution in [3.05, 3.63) is 60.8 Å². The number of rotatable bonds is 41. The van der Waals surface area contributed by atoms with Crippen LogP contribution in [-0.4, -0.2) is 89.2 Å². The van der Waals surface area contributed by atoms with Crippen molar-refractivity contribution in [2.24, 2.45) is 0 Å². The Labute approximate surface area is 392 Å². The number of carboxylic acids is 1. The van der Waals surface area contributed by atoms with Crippen molar-refractivity contribution in [2.75, 3.05) is 13.2 Å². The lowest BCUT2D eigenvalue weighted by Crippen LogP contribution is -2.61. The largest absolute Gasteiger partial charge is 0.479 e. The summed E-state index contributed by atoms with van der Waals surface area (Å²) in [7, 11) is 0. The van der Waals surface area contributed by atoms with Crippen LogP contribution in [0, 0.1) is 0 Å². The minimum atomic E-state index is -1.93. The molecule has 1 aliphatic rings. The van der Waals surface area contributed by atoms with E-state index in [1.54, 1.807) is 12.2 Å². The van der Waals surface area contributed by atoms with Gasteiger partial charge in [-0.15, -0.1) is 0 Å². The second-order valence-electron chi connectivity index (χ2n) is 17.1. The highest BCUT2D eigenvalue weighted by molar-refractivity contribution is 5.74. The number of esters is 3. The number of hydrogen-bond donors (Lipinski definition) is 3. The van der Waals surface area contributed by atoms with Crippen LogP contribution in [0.2, 0.25) is 0 Å². The molecule has 0 aromatic rings. The molecule has 1 heterocycles. The van der Waals surface area contributed by atoms with E-state index in [0.717, 1.165) is 64.2 Å². The number of aliphatic hydroxyl groups is 2. The van der Waals surface area contributed by atoms with Gasteiger partial charge in [-0.05, 0) is 44.9 Å². The van der Waals surface area contributed by atoms with Crippen molar-refractivity contribution in [1.82, 2.24) is 0 Å². The van der Waals surface area contributed by atoms with Gasteiger partial charge in [0.25, 0.3) is 0 Å². The maximum absolute atomic E-state index is 13.0. The zero-order chi connectivity index (χ0) is 47.6. The number of aliphatic hydroxyl groups excluding tert-OH is 2. The van der Waals surface area contributed by atoms with Crippen LogP contribution in [0.4, 0.5) is 0 Å². The van der Waals surface area contributed by atoms with Crippen molar-refractivity contribution in [3.8, 4) is 0 Å². The lowest BCUT2D eigenvalue weighted by Gasteiger charge is -2.40. The molecule has 0 aromatic carbocycles. The third-order valence-corrected chi connectivity index (χ3v) is 11.1. The lowest BCUT2D eigenvalue weighted by atomic mass is 9.98. The first-order valence-electron chi connectivity index (χ1n) is 25.3. The molecule has 6 unspecified atom stereocenters. The first kappa shape index (κ1) is 59.4. The molecular weight excluding hydrogens is 829 g/mol. The highest BCUT2D eigenvalue weighted by atomic mass is 16.7. The highest BCUT2D eigenvalue weighted by Gasteiger charge is 2.50. The number of aliphatic carboxylic acids is 1. The van der Waals surface area contributed by atoms with Crippen LogP contribution in [-0.2, 0) is 42.9 Å². The van der Waals surface area contributed by atoms with E-state index in [0.29, 0.717) is 19.3 Å². The Hall–Kier alpha value is -3.58. The summed E-state index contributed by atoms with van der Waals surface area (Å²) < 4.78 is 28.1. The van der Waals surface area contributed by atoms with Gasteiger partial charge in [0, 0.05) is 12.8 Å². The molecule has 12 nitrogen and oxygen atoms in total. The summed E-state index contributed by atoms with van der Waals surface area (Å²) in [4.78, 5) is 50.6. The summed E-state index contributed by atoms with van der Waals surface area (Å²) in [6.45, 7) is 5.77. The Kier molecular flexibility index (Phi) is 38.2. The van der Waals surface area contributed by atoms with Gasteiger partial charge in [-0.3, -0.25) is 14.4 Å². The van der Waals surface area contributed by atoms with Gasteiger partial charge >= 0.3 is 23.9 Å². The number of carbonyl (C=O) groups is 4. The summed E-state index contributed by atoms with van der Waals surface area (Å²) in [6, 6.07) is 0. The van der Waals surface area contributed by atoms with Crippen LogP contribution in [0.5, 0.6) is 0 Å². The summed E-state index contributed by atoms with van der Waals surface area (Å²) >= 11 is 0. The third kappa shape index (κ3) is 32.7. The number of carbonyl (C=O) groups excluding carboxylic acids is 3. The molecule has 1 rings (SSSR count). The van der Waals surface area contributed by atoms with Crippen molar-refractivity contribution in [2.45, 2.75) is 237 Å². The van der Waals surface area contributed by atoms with Gasteiger partial charge in [0.15, 0.2) is 24.6 Å². The fourth-order valence-corrected chi connectivity index (χ4v) is 7.27. The lowest BCUT2D eigenvalue weighted by molar-refractivity contribution is -0.301. The minimum absolute atomic E-state index is 0.154. The third-order valence-electron chi connectivity index (χ3n) is 11.1. The van der Waals surface area contributed by atoms with E-state index in [1.165, 1.54) is 77.0 Å². The monoisotopic (exact) mass is 917 g/mol. The molecule has 1 aliphatic heterocycles. The Morgan fingerprint density at radius 1 is 0.523 bits per heavy atom. The molecule has 6 atom stereocenters. The smallest absolute Gasteiger partial charge is 0.335 e. The van der Waals surface area contributed by atoms with E-state index in [1.807, 2.05) is 12.2 Å². The topological polar surface area (TPSA) is 175 Å². The molecule has 1 saturated heterocycles. The second-order valence-corrected chi connectivity index (χ2v) is 17.1. The molecule has 1 fully saturated rings. The SMILES string of the molecule is CC/C=C\C/C=C\C/C=C\C/C=C\C/C=C\CC(=O)OC1C(OCC(COC(=O)CCCCCCCCCCCCC)OC(=O)CCCCCCCCCCC)OC(C(=O)O)C(O)C1O. The standard InChI is InChI=1S/C53H88O12/c1-4-7-10-13-16-19-21-22-23-24-26-29-32-35-38-41-47(56)64-51-49(58)48(57)50(52(59)60)65-53(51)62-43-44(63-46(55)40-37-34-31-27-18-15-12-9-6-3)42-61-45(54)39-36-33-30-28-25-20-17-14-11-8-5-2/h7,10,16,19,22-23,26,29,35,38,44,48-51,53,57-58H,4-6,8-9,11-15,17-18,20-21,24-25,27-28,30-34,36-37,39-43H2,1-3H3,(H,59,60)/b10-7-,19-16-,23-22-,29-26-,38-35-. The van der Waals surface area contributed by atoms with Crippen molar-refractivity contribution in [1.29, 1.82) is 0 Å². The summed E-state index contributed by atoms with van der Waals surface area (Å²) in [5.41, 5.74) is 0. The highest BCUT2D eigenvalue weighted by Crippen LogP contribution is 2.26. The number of unbranched alkanes of at least 4 members (excludes halogenated alkanes) is 18. The summed E-state index contributed by atoms with van der Waals surface area (Å²) in [6.07, 6.45) is 36.8. The maximum Gasteiger partial charge on any atom is 0.335 e.